The zero-order chi connectivity index (χ0) is 15.4. The maximum Gasteiger partial charge on any atom is 0.228 e. The maximum absolute atomic E-state index is 12.3. The lowest BCUT2D eigenvalue weighted by Crippen LogP contribution is -2.35. The first kappa shape index (κ1) is 15.5. The summed E-state index contributed by atoms with van der Waals surface area (Å²) in [5, 5.41) is 6.35. The molecule has 2 heterocycles. The van der Waals surface area contributed by atoms with Crippen molar-refractivity contribution in [1.82, 2.24) is 10.2 Å². The molecule has 0 radical (unpaired) electrons. The lowest BCUT2D eigenvalue weighted by Gasteiger charge is -2.26. The van der Waals surface area contributed by atoms with Crippen molar-refractivity contribution >= 4 is 11.6 Å². The summed E-state index contributed by atoms with van der Waals surface area (Å²) in [6.07, 6.45) is 0.929. The number of nitrogens with one attached hydrogen (secondary N) is 2. The van der Waals surface area contributed by atoms with E-state index in [0.29, 0.717) is 0 Å². The summed E-state index contributed by atoms with van der Waals surface area (Å²) in [4.78, 5) is 14.7. The summed E-state index contributed by atoms with van der Waals surface area (Å²) in [6, 6.07) is 6.36. The Morgan fingerprint density at radius 1 is 1.41 bits per heavy atom. The van der Waals surface area contributed by atoms with E-state index in [1.165, 1.54) is 5.56 Å². The molecule has 0 spiro atoms. The number of hydrogen-bond acceptors (Lipinski definition) is 4. The second kappa shape index (κ2) is 7.22. The van der Waals surface area contributed by atoms with Gasteiger partial charge < -0.3 is 15.4 Å². The number of carbonyl (C=O) groups is 1. The first-order valence-electron chi connectivity index (χ1n) is 8.13. The van der Waals surface area contributed by atoms with Gasteiger partial charge >= 0.3 is 0 Å². The second-order valence-corrected chi connectivity index (χ2v) is 6.22. The molecule has 2 aliphatic heterocycles. The molecule has 0 aliphatic carbocycles. The van der Waals surface area contributed by atoms with E-state index in [2.05, 4.69) is 33.7 Å². The van der Waals surface area contributed by atoms with Crippen LogP contribution in [0.15, 0.2) is 18.2 Å². The highest BCUT2D eigenvalue weighted by Gasteiger charge is 2.22. The van der Waals surface area contributed by atoms with Gasteiger partial charge in [0.2, 0.25) is 5.91 Å². The van der Waals surface area contributed by atoms with E-state index < -0.39 is 0 Å². The van der Waals surface area contributed by atoms with E-state index in [1.54, 1.807) is 0 Å². The van der Waals surface area contributed by atoms with E-state index in [1.807, 2.05) is 6.92 Å². The minimum Gasteiger partial charge on any atom is -0.379 e. The topological polar surface area (TPSA) is 53.6 Å². The number of hydrogen-bond donors (Lipinski definition) is 2. The quantitative estimate of drug-likeness (QED) is 0.882. The minimum absolute atomic E-state index is 0.0994. The predicted octanol–water partition coefficient (Wildman–Crippen LogP) is 1.38. The minimum atomic E-state index is 0.0994. The van der Waals surface area contributed by atoms with Gasteiger partial charge in [0.25, 0.3) is 0 Å². The Balaban J connectivity index is 1.65. The van der Waals surface area contributed by atoms with Gasteiger partial charge in [0, 0.05) is 31.9 Å². The number of aryl methyl sites for hydroxylation is 1. The lowest BCUT2D eigenvalue weighted by molar-refractivity contribution is -0.119. The van der Waals surface area contributed by atoms with Gasteiger partial charge in [-0.2, -0.15) is 0 Å². The molecule has 1 atom stereocenters. The Labute approximate surface area is 132 Å². The number of ether oxygens (including phenoxy) is 1. The summed E-state index contributed by atoms with van der Waals surface area (Å²) in [7, 11) is 0. The smallest absolute Gasteiger partial charge is 0.228 e. The summed E-state index contributed by atoms with van der Waals surface area (Å²) in [5.41, 5.74) is 3.31. The van der Waals surface area contributed by atoms with Gasteiger partial charge in [-0.25, -0.2) is 0 Å². The van der Waals surface area contributed by atoms with E-state index in [-0.39, 0.29) is 11.8 Å². The molecule has 1 unspecified atom stereocenters. The molecular weight excluding hydrogens is 278 g/mol. The Bertz CT molecular complexity index is 521. The molecule has 1 amide bonds. The highest BCUT2D eigenvalue weighted by molar-refractivity contribution is 5.93. The van der Waals surface area contributed by atoms with E-state index in [4.69, 9.17) is 4.74 Å². The fraction of sp³-hybridized carbons (Fsp3) is 0.588. The van der Waals surface area contributed by atoms with Crippen LogP contribution in [0.2, 0.25) is 0 Å². The van der Waals surface area contributed by atoms with Gasteiger partial charge in [0.15, 0.2) is 0 Å². The highest BCUT2D eigenvalue weighted by Crippen LogP contribution is 2.20. The summed E-state index contributed by atoms with van der Waals surface area (Å²) in [5.74, 6) is 0.235. The number of amides is 1. The molecule has 5 heteroatoms. The van der Waals surface area contributed by atoms with Crippen LogP contribution in [0.25, 0.3) is 0 Å². The fourth-order valence-electron chi connectivity index (χ4n) is 3.03. The fourth-order valence-corrected chi connectivity index (χ4v) is 3.03. The largest absolute Gasteiger partial charge is 0.379 e. The molecule has 0 aromatic heterocycles. The van der Waals surface area contributed by atoms with E-state index >= 15 is 0 Å². The van der Waals surface area contributed by atoms with Crippen molar-refractivity contribution in [3.05, 3.63) is 29.3 Å². The molecule has 1 aromatic rings. The van der Waals surface area contributed by atoms with Crippen LogP contribution in [0.1, 0.15) is 17.5 Å². The average molecular weight is 303 g/mol. The summed E-state index contributed by atoms with van der Waals surface area (Å²) in [6.45, 7) is 8.26. The first-order valence-corrected chi connectivity index (χ1v) is 8.13. The van der Waals surface area contributed by atoms with Crippen LogP contribution in [0, 0.1) is 12.8 Å². The molecule has 3 rings (SSSR count). The Kier molecular flexibility index (Phi) is 5.08. The summed E-state index contributed by atoms with van der Waals surface area (Å²) >= 11 is 0. The molecule has 2 N–H and O–H groups in total. The Morgan fingerprint density at radius 3 is 2.95 bits per heavy atom. The number of anilines is 1. The zero-order valence-electron chi connectivity index (χ0n) is 13.2. The highest BCUT2D eigenvalue weighted by atomic mass is 16.5. The van der Waals surface area contributed by atoms with Crippen LogP contribution in [-0.4, -0.2) is 50.2 Å². The monoisotopic (exact) mass is 303 g/mol. The van der Waals surface area contributed by atoms with Crippen molar-refractivity contribution in [1.29, 1.82) is 0 Å². The molecule has 5 nitrogen and oxygen atoms in total. The summed E-state index contributed by atoms with van der Waals surface area (Å²) < 4.78 is 5.39. The van der Waals surface area contributed by atoms with E-state index in [9.17, 15) is 4.79 Å². The van der Waals surface area contributed by atoms with Crippen LogP contribution in [-0.2, 0) is 16.1 Å². The standard InChI is InChI=1S/C17H25N3O2/c1-13-2-3-14(12-20-6-8-22-9-7-20)10-16(13)19-17(21)15-4-5-18-11-15/h2-3,10,15,18H,4-9,11-12H2,1H3,(H,19,21). The Hall–Kier alpha value is -1.43. The Morgan fingerprint density at radius 2 is 2.23 bits per heavy atom. The van der Waals surface area contributed by atoms with Crippen molar-refractivity contribution in [3.63, 3.8) is 0 Å². The molecule has 0 bridgehead atoms. The molecule has 120 valence electrons. The van der Waals surface area contributed by atoms with Crippen molar-refractivity contribution in [2.75, 3.05) is 44.7 Å². The van der Waals surface area contributed by atoms with Crippen LogP contribution < -0.4 is 10.6 Å². The SMILES string of the molecule is Cc1ccc(CN2CCOCC2)cc1NC(=O)C1CCNC1. The van der Waals surface area contributed by atoms with Crippen LogP contribution in [0.3, 0.4) is 0 Å². The molecule has 22 heavy (non-hydrogen) atoms. The molecule has 0 saturated carbocycles. The van der Waals surface area contributed by atoms with Gasteiger partial charge in [-0.3, -0.25) is 9.69 Å². The third kappa shape index (κ3) is 3.85. The molecular formula is C17H25N3O2. The van der Waals surface area contributed by atoms with Crippen LogP contribution in [0.4, 0.5) is 5.69 Å². The van der Waals surface area contributed by atoms with Crippen LogP contribution in [0.5, 0.6) is 0 Å². The van der Waals surface area contributed by atoms with Gasteiger partial charge in [-0.15, -0.1) is 0 Å². The van der Waals surface area contributed by atoms with Gasteiger partial charge in [0.05, 0.1) is 19.1 Å². The number of benzene rings is 1. The first-order chi connectivity index (χ1) is 10.7. The maximum atomic E-state index is 12.3. The third-order valence-electron chi connectivity index (χ3n) is 4.50. The number of morpholine rings is 1. The average Bonchev–Trinajstić information content (AvgIpc) is 3.06. The van der Waals surface area contributed by atoms with Crippen molar-refractivity contribution in [2.45, 2.75) is 19.9 Å². The number of rotatable bonds is 4. The van der Waals surface area contributed by atoms with Gasteiger partial charge in [-0.05, 0) is 37.1 Å². The number of nitrogens with zero attached hydrogens (tertiary/aromatic N) is 1. The van der Waals surface area contributed by atoms with E-state index in [0.717, 1.165) is 63.6 Å². The van der Waals surface area contributed by atoms with Crippen molar-refractivity contribution in [3.8, 4) is 0 Å². The number of carbonyl (C=O) groups excluding carboxylic acids is 1. The zero-order valence-corrected chi connectivity index (χ0v) is 13.2. The third-order valence-corrected chi connectivity index (χ3v) is 4.50. The van der Waals surface area contributed by atoms with Crippen LogP contribution >= 0.6 is 0 Å². The molecule has 2 fully saturated rings. The second-order valence-electron chi connectivity index (χ2n) is 6.22. The predicted molar refractivity (Wildman–Crippen MR) is 86.9 cm³/mol. The van der Waals surface area contributed by atoms with Crippen molar-refractivity contribution in [2.24, 2.45) is 5.92 Å². The molecule has 1 aromatic carbocycles. The van der Waals surface area contributed by atoms with Gasteiger partial charge in [-0.1, -0.05) is 12.1 Å². The molecule has 2 aliphatic rings. The van der Waals surface area contributed by atoms with Crippen molar-refractivity contribution < 1.29 is 9.53 Å². The molecule has 2 saturated heterocycles. The normalized spacial score (nSPS) is 22.7. The lowest BCUT2D eigenvalue weighted by atomic mass is 10.1. The van der Waals surface area contributed by atoms with Gasteiger partial charge in [0.1, 0.15) is 0 Å².